The smallest absolute Gasteiger partial charge is 0.253 e. The van der Waals surface area contributed by atoms with Gasteiger partial charge < -0.3 is 14.4 Å². The van der Waals surface area contributed by atoms with E-state index in [-0.39, 0.29) is 5.91 Å². The van der Waals surface area contributed by atoms with Crippen molar-refractivity contribution in [2.45, 2.75) is 27.0 Å². The first-order chi connectivity index (χ1) is 14.3. The lowest BCUT2D eigenvalue weighted by Gasteiger charge is -2.19. The van der Waals surface area contributed by atoms with E-state index in [1.54, 1.807) is 36.0 Å². The predicted octanol–water partition coefficient (Wildman–Crippen LogP) is 4.66. The molecular formula is C23H26BrN3O3. The van der Waals surface area contributed by atoms with Gasteiger partial charge in [0.1, 0.15) is 18.1 Å². The molecule has 0 saturated carbocycles. The summed E-state index contributed by atoms with van der Waals surface area (Å²) in [5.41, 5.74) is 4.52. The maximum absolute atomic E-state index is 13.0. The maximum atomic E-state index is 13.0. The van der Waals surface area contributed by atoms with E-state index in [1.165, 1.54) is 0 Å². The van der Waals surface area contributed by atoms with Gasteiger partial charge in [-0.1, -0.05) is 12.1 Å². The molecule has 0 aliphatic carbocycles. The molecule has 7 heteroatoms. The summed E-state index contributed by atoms with van der Waals surface area (Å²) in [4.78, 5) is 14.7. The minimum Gasteiger partial charge on any atom is -0.496 e. The number of carbonyl (C=O) groups excluding carboxylic acids is 1. The van der Waals surface area contributed by atoms with Crippen LogP contribution in [-0.4, -0.2) is 34.7 Å². The third-order valence-electron chi connectivity index (χ3n) is 5.00. The number of hydrogen-bond donors (Lipinski definition) is 0. The summed E-state index contributed by atoms with van der Waals surface area (Å²) in [5.74, 6) is 1.43. The molecule has 0 aliphatic rings. The van der Waals surface area contributed by atoms with Gasteiger partial charge in [-0.2, -0.15) is 5.10 Å². The summed E-state index contributed by atoms with van der Waals surface area (Å²) in [7, 11) is 5.25. The van der Waals surface area contributed by atoms with Crippen molar-refractivity contribution in [2.24, 2.45) is 7.05 Å². The van der Waals surface area contributed by atoms with Crippen molar-refractivity contribution in [3.63, 3.8) is 0 Å². The SMILES string of the molecule is COc1ccc(C(=O)N(C)Cc2c(Br)cnn2C)cc1COc1cc(C)ccc1C. The Labute approximate surface area is 185 Å². The zero-order valence-electron chi connectivity index (χ0n) is 17.9. The molecule has 0 spiro atoms. The van der Waals surface area contributed by atoms with Crippen molar-refractivity contribution in [3.8, 4) is 11.5 Å². The van der Waals surface area contributed by atoms with Crippen LogP contribution in [0, 0.1) is 13.8 Å². The molecule has 6 nitrogen and oxygen atoms in total. The summed E-state index contributed by atoms with van der Waals surface area (Å²) in [6, 6.07) is 11.5. The lowest BCUT2D eigenvalue weighted by atomic mass is 10.1. The Bertz CT molecular complexity index is 1040. The van der Waals surface area contributed by atoms with Gasteiger partial charge in [0.25, 0.3) is 5.91 Å². The first-order valence-electron chi connectivity index (χ1n) is 9.59. The van der Waals surface area contributed by atoms with E-state index in [1.807, 2.05) is 45.2 Å². The van der Waals surface area contributed by atoms with Crippen LogP contribution in [0.25, 0.3) is 0 Å². The number of ether oxygens (including phenoxy) is 2. The van der Waals surface area contributed by atoms with E-state index in [0.717, 1.165) is 32.6 Å². The molecule has 3 rings (SSSR count). The quantitative estimate of drug-likeness (QED) is 0.502. The van der Waals surface area contributed by atoms with Crippen molar-refractivity contribution in [3.05, 3.63) is 75.0 Å². The van der Waals surface area contributed by atoms with Gasteiger partial charge in [0.2, 0.25) is 0 Å². The molecule has 2 aromatic carbocycles. The Morgan fingerprint density at radius 2 is 1.93 bits per heavy atom. The highest BCUT2D eigenvalue weighted by molar-refractivity contribution is 9.10. The van der Waals surface area contributed by atoms with Crippen LogP contribution in [0.1, 0.15) is 32.7 Å². The summed E-state index contributed by atoms with van der Waals surface area (Å²) in [6.07, 6.45) is 1.73. The number of rotatable bonds is 7. The fourth-order valence-electron chi connectivity index (χ4n) is 3.17. The monoisotopic (exact) mass is 471 g/mol. The molecule has 1 aromatic heterocycles. The minimum atomic E-state index is -0.0845. The number of benzene rings is 2. The highest BCUT2D eigenvalue weighted by Crippen LogP contribution is 2.26. The Balaban J connectivity index is 1.79. The third-order valence-corrected chi connectivity index (χ3v) is 5.66. The predicted molar refractivity (Wildman–Crippen MR) is 120 cm³/mol. The number of halogens is 1. The fourth-order valence-corrected chi connectivity index (χ4v) is 3.65. The average Bonchev–Trinajstić information content (AvgIpc) is 3.05. The molecule has 0 fully saturated rings. The molecular weight excluding hydrogens is 446 g/mol. The van der Waals surface area contributed by atoms with Crippen LogP contribution >= 0.6 is 15.9 Å². The van der Waals surface area contributed by atoms with Crippen molar-refractivity contribution in [1.29, 1.82) is 0 Å². The molecule has 0 unspecified atom stereocenters. The van der Waals surface area contributed by atoms with E-state index in [2.05, 4.69) is 27.1 Å². The number of amides is 1. The zero-order valence-corrected chi connectivity index (χ0v) is 19.5. The largest absolute Gasteiger partial charge is 0.496 e. The molecule has 0 saturated heterocycles. The van der Waals surface area contributed by atoms with Crippen molar-refractivity contribution in [1.82, 2.24) is 14.7 Å². The second-order valence-electron chi connectivity index (χ2n) is 7.31. The van der Waals surface area contributed by atoms with Gasteiger partial charge in [0.05, 0.1) is 30.0 Å². The van der Waals surface area contributed by atoms with E-state index in [0.29, 0.717) is 24.5 Å². The van der Waals surface area contributed by atoms with Crippen LogP contribution in [0.5, 0.6) is 11.5 Å². The average molecular weight is 472 g/mol. The number of aromatic nitrogens is 2. The second-order valence-corrected chi connectivity index (χ2v) is 8.16. The maximum Gasteiger partial charge on any atom is 0.253 e. The fraction of sp³-hybridized carbons (Fsp3) is 0.304. The van der Waals surface area contributed by atoms with Crippen LogP contribution in [0.15, 0.2) is 47.1 Å². The summed E-state index contributed by atoms with van der Waals surface area (Å²) in [5, 5.41) is 4.20. The van der Waals surface area contributed by atoms with Crippen LogP contribution in [-0.2, 0) is 20.2 Å². The van der Waals surface area contributed by atoms with Crippen LogP contribution in [0.2, 0.25) is 0 Å². The van der Waals surface area contributed by atoms with E-state index in [4.69, 9.17) is 9.47 Å². The molecule has 0 aliphatic heterocycles. The minimum absolute atomic E-state index is 0.0845. The lowest BCUT2D eigenvalue weighted by Crippen LogP contribution is -2.27. The molecule has 30 heavy (non-hydrogen) atoms. The lowest BCUT2D eigenvalue weighted by molar-refractivity contribution is 0.0781. The highest BCUT2D eigenvalue weighted by Gasteiger charge is 2.18. The highest BCUT2D eigenvalue weighted by atomic mass is 79.9. The van der Waals surface area contributed by atoms with Gasteiger partial charge >= 0.3 is 0 Å². The summed E-state index contributed by atoms with van der Waals surface area (Å²) < 4.78 is 14.1. The summed E-state index contributed by atoms with van der Waals surface area (Å²) >= 11 is 3.48. The molecule has 158 valence electrons. The molecule has 3 aromatic rings. The van der Waals surface area contributed by atoms with Gasteiger partial charge in [0, 0.05) is 25.2 Å². The standard InChI is InChI=1S/C23H26BrN3O3/c1-15-6-7-16(2)22(10-15)30-14-18-11-17(8-9-21(18)29-5)23(28)26(3)13-20-19(24)12-25-27(20)4/h6-12H,13-14H2,1-5H3. The van der Waals surface area contributed by atoms with E-state index < -0.39 is 0 Å². The Morgan fingerprint density at radius 1 is 1.17 bits per heavy atom. The van der Waals surface area contributed by atoms with Gasteiger partial charge in [-0.15, -0.1) is 0 Å². The Hall–Kier alpha value is -2.80. The van der Waals surface area contributed by atoms with Crippen molar-refractivity contribution in [2.75, 3.05) is 14.2 Å². The second kappa shape index (κ2) is 9.34. The van der Waals surface area contributed by atoms with Crippen LogP contribution in [0.4, 0.5) is 0 Å². The van der Waals surface area contributed by atoms with E-state index in [9.17, 15) is 4.79 Å². The normalized spacial score (nSPS) is 10.7. The van der Waals surface area contributed by atoms with Gasteiger partial charge in [-0.25, -0.2) is 0 Å². The Morgan fingerprint density at radius 3 is 2.60 bits per heavy atom. The number of hydrogen-bond acceptors (Lipinski definition) is 4. The first-order valence-corrected chi connectivity index (χ1v) is 10.4. The van der Waals surface area contributed by atoms with E-state index >= 15 is 0 Å². The van der Waals surface area contributed by atoms with Crippen LogP contribution in [0.3, 0.4) is 0 Å². The molecule has 0 radical (unpaired) electrons. The van der Waals surface area contributed by atoms with Gasteiger partial charge in [-0.05, 0) is 65.2 Å². The van der Waals surface area contributed by atoms with Gasteiger partial charge in [-0.3, -0.25) is 9.48 Å². The number of nitrogens with zero attached hydrogens (tertiary/aromatic N) is 3. The van der Waals surface area contributed by atoms with Gasteiger partial charge in [0.15, 0.2) is 0 Å². The number of methoxy groups -OCH3 is 1. The molecule has 1 heterocycles. The van der Waals surface area contributed by atoms with Crippen molar-refractivity contribution < 1.29 is 14.3 Å². The molecule has 0 bridgehead atoms. The van der Waals surface area contributed by atoms with Crippen molar-refractivity contribution >= 4 is 21.8 Å². The topological polar surface area (TPSA) is 56.6 Å². The third kappa shape index (κ3) is 4.84. The first kappa shape index (κ1) is 21.9. The zero-order chi connectivity index (χ0) is 21.8. The van der Waals surface area contributed by atoms with Crippen LogP contribution < -0.4 is 9.47 Å². The Kier molecular flexibility index (Phi) is 6.82. The summed E-state index contributed by atoms with van der Waals surface area (Å²) in [6.45, 7) is 4.79. The molecule has 0 N–H and O–H groups in total. The number of carbonyl (C=O) groups is 1. The number of aryl methyl sites for hydroxylation is 3. The molecule has 0 atom stereocenters. The molecule has 1 amide bonds.